The smallest absolute Gasteiger partial charge is 0.234 e. The Hall–Kier alpha value is -2.12. The van der Waals surface area contributed by atoms with Gasteiger partial charge in [0.1, 0.15) is 5.03 Å². The first-order valence-electron chi connectivity index (χ1n) is 6.50. The van der Waals surface area contributed by atoms with Crippen LogP contribution >= 0.6 is 23.4 Å². The third-order valence-corrected chi connectivity index (χ3v) is 4.14. The van der Waals surface area contributed by atoms with Gasteiger partial charge in [0.25, 0.3) is 0 Å². The van der Waals surface area contributed by atoms with Gasteiger partial charge in [-0.15, -0.1) is 10.2 Å². The molecule has 0 aliphatic heterocycles. The fourth-order valence-corrected chi connectivity index (χ4v) is 2.68. The molecule has 3 rings (SSSR count). The maximum absolute atomic E-state index is 12.0. The van der Waals surface area contributed by atoms with Crippen LogP contribution in [0.5, 0.6) is 0 Å². The molecule has 0 saturated heterocycles. The van der Waals surface area contributed by atoms with Crippen molar-refractivity contribution in [1.29, 1.82) is 0 Å². The van der Waals surface area contributed by atoms with E-state index in [0.717, 1.165) is 5.03 Å². The Balaban J connectivity index is 1.64. The van der Waals surface area contributed by atoms with E-state index in [1.807, 2.05) is 31.2 Å². The number of halogens is 1. The van der Waals surface area contributed by atoms with E-state index in [1.54, 1.807) is 16.6 Å². The summed E-state index contributed by atoms with van der Waals surface area (Å²) in [5.41, 5.74) is 1.29. The quantitative estimate of drug-likeness (QED) is 0.743. The van der Waals surface area contributed by atoms with E-state index in [9.17, 15) is 4.79 Å². The van der Waals surface area contributed by atoms with Crippen LogP contribution in [0, 0.1) is 6.92 Å². The second-order valence-corrected chi connectivity index (χ2v) is 5.91. The Morgan fingerprint density at radius 2 is 2.09 bits per heavy atom. The Morgan fingerprint density at radius 3 is 2.91 bits per heavy atom. The van der Waals surface area contributed by atoms with Crippen LogP contribution in [0.2, 0.25) is 5.02 Å². The number of carbonyl (C=O) groups is 1. The van der Waals surface area contributed by atoms with Gasteiger partial charge >= 0.3 is 0 Å². The summed E-state index contributed by atoms with van der Waals surface area (Å²) >= 11 is 7.34. The van der Waals surface area contributed by atoms with Crippen LogP contribution in [0.3, 0.4) is 0 Å². The first-order chi connectivity index (χ1) is 10.6. The number of amides is 1. The van der Waals surface area contributed by atoms with Crippen molar-refractivity contribution in [2.75, 3.05) is 11.1 Å². The van der Waals surface area contributed by atoms with Crippen molar-refractivity contribution in [3.63, 3.8) is 0 Å². The molecule has 0 radical (unpaired) electrons. The molecule has 112 valence electrons. The largest absolute Gasteiger partial charge is 0.324 e. The highest BCUT2D eigenvalue weighted by Gasteiger charge is 2.08. The lowest BCUT2D eigenvalue weighted by molar-refractivity contribution is -0.113. The van der Waals surface area contributed by atoms with E-state index < -0.39 is 0 Å². The van der Waals surface area contributed by atoms with E-state index in [2.05, 4.69) is 20.6 Å². The summed E-state index contributed by atoms with van der Waals surface area (Å²) in [4.78, 5) is 12.0. The highest BCUT2D eigenvalue weighted by atomic mass is 35.5. The lowest BCUT2D eigenvalue weighted by atomic mass is 10.3. The number of para-hydroxylation sites is 1. The van der Waals surface area contributed by atoms with Crippen LogP contribution in [0.1, 0.15) is 5.82 Å². The number of fused-ring (bicyclic) bond motifs is 1. The number of hydrogen-bond acceptors (Lipinski definition) is 5. The minimum absolute atomic E-state index is 0.138. The van der Waals surface area contributed by atoms with Gasteiger partial charge in [0.15, 0.2) is 11.5 Å². The predicted molar refractivity (Wildman–Crippen MR) is 86.3 cm³/mol. The molecule has 0 atom stereocenters. The molecule has 1 N–H and O–H groups in total. The fraction of sp³-hybridized carbons (Fsp3) is 0.143. The van der Waals surface area contributed by atoms with Crippen LogP contribution < -0.4 is 5.32 Å². The molecule has 1 aromatic carbocycles. The summed E-state index contributed by atoms with van der Waals surface area (Å²) < 4.78 is 1.65. The number of rotatable bonds is 4. The molecule has 1 amide bonds. The van der Waals surface area contributed by atoms with Crippen LogP contribution in [0.4, 0.5) is 5.69 Å². The van der Waals surface area contributed by atoms with Gasteiger partial charge in [0.05, 0.1) is 16.5 Å². The first-order valence-corrected chi connectivity index (χ1v) is 7.86. The van der Waals surface area contributed by atoms with Crippen molar-refractivity contribution in [2.24, 2.45) is 0 Å². The minimum atomic E-state index is -0.138. The molecule has 0 fully saturated rings. The Bertz CT molecular complexity index is 835. The molecule has 0 unspecified atom stereocenters. The van der Waals surface area contributed by atoms with Crippen molar-refractivity contribution >= 4 is 40.6 Å². The molecular formula is C14H12ClN5OS. The predicted octanol–water partition coefficient (Wildman–Crippen LogP) is 2.82. The Labute approximate surface area is 135 Å². The molecule has 0 aliphatic carbocycles. The topological polar surface area (TPSA) is 72.2 Å². The highest BCUT2D eigenvalue weighted by Crippen LogP contribution is 2.21. The average molecular weight is 334 g/mol. The van der Waals surface area contributed by atoms with Gasteiger partial charge in [-0.3, -0.25) is 4.79 Å². The van der Waals surface area contributed by atoms with Crippen LogP contribution in [-0.2, 0) is 4.79 Å². The number of benzene rings is 1. The third kappa shape index (κ3) is 3.20. The number of nitrogens with zero attached hydrogens (tertiary/aromatic N) is 4. The lowest BCUT2D eigenvalue weighted by Gasteiger charge is -2.06. The summed E-state index contributed by atoms with van der Waals surface area (Å²) in [5, 5.41) is 16.3. The Morgan fingerprint density at radius 1 is 1.27 bits per heavy atom. The number of thioether (sulfide) groups is 1. The van der Waals surface area contributed by atoms with Crippen LogP contribution in [0.25, 0.3) is 5.65 Å². The van der Waals surface area contributed by atoms with Gasteiger partial charge in [-0.2, -0.15) is 9.61 Å². The number of carbonyl (C=O) groups excluding carboxylic acids is 1. The van der Waals surface area contributed by atoms with E-state index >= 15 is 0 Å². The minimum Gasteiger partial charge on any atom is -0.324 e. The van der Waals surface area contributed by atoms with E-state index in [4.69, 9.17) is 11.6 Å². The molecule has 8 heteroatoms. The molecule has 0 spiro atoms. The molecule has 0 saturated carbocycles. The first kappa shape index (κ1) is 14.8. The number of aromatic nitrogens is 4. The maximum Gasteiger partial charge on any atom is 0.234 e. The molecule has 0 bridgehead atoms. The van der Waals surface area contributed by atoms with Gasteiger partial charge in [0.2, 0.25) is 5.91 Å². The van der Waals surface area contributed by atoms with Crippen LogP contribution in [0.15, 0.2) is 41.4 Å². The maximum atomic E-state index is 12.0. The van der Waals surface area contributed by atoms with Crippen molar-refractivity contribution < 1.29 is 4.79 Å². The Kier molecular flexibility index (Phi) is 4.26. The zero-order valence-electron chi connectivity index (χ0n) is 11.7. The second-order valence-electron chi connectivity index (χ2n) is 4.51. The second kappa shape index (κ2) is 6.33. The summed E-state index contributed by atoms with van der Waals surface area (Å²) in [5.74, 6) is 0.809. The van der Waals surface area contributed by atoms with Crippen LogP contribution in [-0.4, -0.2) is 31.5 Å². The number of hydrogen-bond donors (Lipinski definition) is 1. The molecular weight excluding hydrogens is 322 g/mol. The van der Waals surface area contributed by atoms with E-state index in [0.29, 0.717) is 22.2 Å². The highest BCUT2D eigenvalue weighted by molar-refractivity contribution is 7.99. The average Bonchev–Trinajstić information content (AvgIpc) is 2.89. The fourth-order valence-electron chi connectivity index (χ4n) is 1.84. The lowest BCUT2D eigenvalue weighted by Crippen LogP contribution is -2.14. The monoisotopic (exact) mass is 333 g/mol. The summed E-state index contributed by atoms with van der Waals surface area (Å²) in [6.45, 7) is 1.82. The number of anilines is 1. The molecule has 6 nitrogen and oxygen atoms in total. The molecule has 3 aromatic rings. The number of aryl methyl sites for hydroxylation is 1. The zero-order valence-corrected chi connectivity index (χ0v) is 13.2. The van der Waals surface area contributed by atoms with Crippen molar-refractivity contribution in [2.45, 2.75) is 11.9 Å². The normalized spacial score (nSPS) is 10.8. The van der Waals surface area contributed by atoms with E-state index in [1.165, 1.54) is 11.8 Å². The van der Waals surface area contributed by atoms with Gasteiger partial charge in [-0.1, -0.05) is 35.5 Å². The standard InChI is InChI=1S/C14H12ClN5OS/c1-9-17-18-12-6-7-14(19-20(9)12)22-8-13(21)16-11-5-3-2-4-10(11)15/h2-7H,8H2,1H3,(H,16,21). The van der Waals surface area contributed by atoms with Gasteiger partial charge in [0, 0.05) is 0 Å². The summed E-state index contributed by atoms with van der Waals surface area (Å²) in [6, 6.07) is 10.8. The van der Waals surface area contributed by atoms with Crippen molar-refractivity contribution in [3.05, 3.63) is 47.2 Å². The summed E-state index contributed by atoms with van der Waals surface area (Å²) in [7, 11) is 0. The van der Waals surface area contributed by atoms with Gasteiger partial charge < -0.3 is 5.32 Å². The van der Waals surface area contributed by atoms with Crippen molar-refractivity contribution in [1.82, 2.24) is 19.8 Å². The van der Waals surface area contributed by atoms with E-state index in [-0.39, 0.29) is 11.7 Å². The van der Waals surface area contributed by atoms with Gasteiger partial charge in [-0.25, -0.2) is 0 Å². The number of nitrogens with one attached hydrogen (secondary N) is 1. The molecule has 0 aliphatic rings. The molecule has 2 aromatic heterocycles. The third-order valence-electron chi connectivity index (χ3n) is 2.89. The molecule has 22 heavy (non-hydrogen) atoms. The van der Waals surface area contributed by atoms with Gasteiger partial charge in [-0.05, 0) is 31.2 Å². The SMILES string of the molecule is Cc1nnc2ccc(SCC(=O)Nc3ccccc3Cl)nn12. The summed E-state index contributed by atoms with van der Waals surface area (Å²) in [6.07, 6.45) is 0. The molecule has 2 heterocycles. The van der Waals surface area contributed by atoms with Crippen molar-refractivity contribution in [3.8, 4) is 0 Å². The zero-order chi connectivity index (χ0) is 15.5.